The molecule has 0 unspecified atom stereocenters. The van der Waals surface area contributed by atoms with Gasteiger partial charge in [-0.15, -0.1) is 0 Å². The number of anilines is 1. The van der Waals surface area contributed by atoms with Crippen LogP contribution in [-0.2, 0) is 0 Å². The molecule has 78 valence electrons. The van der Waals surface area contributed by atoms with Gasteiger partial charge in [-0.3, -0.25) is 0 Å². The number of hydrogen-bond acceptors (Lipinski definition) is 3. The summed E-state index contributed by atoms with van der Waals surface area (Å²) in [6.45, 7) is 0. The first-order chi connectivity index (χ1) is 7.72. The summed E-state index contributed by atoms with van der Waals surface area (Å²) in [4.78, 5) is 0. The van der Waals surface area contributed by atoms with Crippen molar-refractivity contribution in [1.82, 2.24) is 0 Å². The summed E-state index contributed by atoms with van der Waals surface area (Å²) < 4.78 is 0. The third-order valence-corrected chi connectivity index (χ3v) is 2.38. The molecule has 3 heteroatoms. The summed E-state index contributed by atoms with van der Waals surface area (Å²) >= 11 is 0. The van der Waals surface area contributed by atoms with E-state index < -0.39 is 0 Å². The molecule has 2 aromatic rings. The molecule has 0 fully saturated rings. The first-order valence-electron chi connectivity index (χ1n) is 4.80. The summed E-state index contributed by atoms with van der Waals surface area (Å²) in [5, 5.41) is 18.5. The van der Waals surface area contributed by atoms with Crippen LogP contribution in [0.15, 0.2) is 42.5 Å². The van der Waals surface area contributed by atoms with Gasteiger partial charge < -0.3 is 10.8 Å². The van der Waals surface area contributed by atoms with Crippen LogP contribution in [0.4, 0.5) is 5.69 Å². The van der Waals surface area contributed by atoms with E-state index in [2.05, 4.69) is 0 Å². The number of nitriles is 1. The average Bonchev–Trinajstić information content (AvgIpc) is 2.31. The fourth-order valence-electron chi connectivity index (χ4n) is 1.56. The Balaban J connectivity index is 2.65. The molecule has 16 heavy (non-hydrogen) atoms. The Morgan fingerprint density at radius 1 is 1.06 bits per heavy atom. The molecule has 0 amide bonds. The number of aromatic hydroxyl groups is 1. The first-order valence-corrected chi connectivity index (χ1v) is 4.80. The molecule has 0 spiro atoms. The van der Waals surface area contributed by atoms with Crippen molar-refractivity contribution in [1.29, 1.82) is 5.26 Å². The van der Waals surface area contributed by atoms with Crippen LogP contribution in [0.25, 0.3) is 11.1 Å². The van der Waals surface area contributed by atoms with Crippen molar-refractivity contribution in [2.24, 2.45) is 0 Å². The molecule has 0 heterocycles. The first kappa shape index (κ1) is 10.1. The number of nitrogens with zero attached hydrogens (tertiary/aromatic N) is 1. The van der Waals surface area contributed by atoms with Gasteiger partial charge in [-0.2, -0.15) is 5.26 Å². The van der Waals surface area contributed by atoms with E-state index in [1.807, 2.05) is 12.1 Å². The predicted octanol–water partition coefficient (Wildman–Crippen LogP) is 2.51. The van der Waals surface area contributed by atoms with Crippen LogP contribution in [-0.4, -0.2) is 5.11 Å². The summed E-state index contributed by atoms with van der Waals surface area (Å²) in [5.74, 6) is 0.157. The van der Waals surface area contributed by atoms with Crippen molar-refractivity contribution >= 4 is 5.69 Å². The quantitative estimate of drug-likeness (QED) is 0.710. The van der Waals surface area contributed by atoms with E-state index >= 15 is 0 Å². The summed E-state index contributed by atoms with van der Waals surface area (Å²) in [5.41, 5.74) is 8.20. The highest BCUT2D eigenvalue weighted by molar-refractivity contribution is 5.81. The minimum Gasteiger partial charge on any atom is -0.507 e. The van der Waals surface area contributed by atoms with Gasteiger partial charge in [0.25, 0.3) is 0 Å². The number of benzene rings is 2. The number of phenolic OH excluding ortho intramolecular Hbond substituents is 1. The zero-order chi connectivity index (χ0) is 11.5. The van der Waals surface area contributed by atoms with E-state index in [9.17, 15) is 5.11 Å². The van der Waals surface area contributed by atoms with Gasteiger partial charge in [0.05, 0.1) is 11.6 Å². The van der Waals surface area contributed by atoms with Crippen molar-refractivity contribution in [2.75, 3.05) is 5.73 Å². The topological polar surface area (TPSA) is 70.0 Å². The molecular weight excluding hydrogens is 200 g/mol. The number of nitrogen functional groups attached to an aromatic ring is 1. The van der Waals surface area contributed by atoms with Crippen LogP contribution in [0.3, 0.4) is 0 Å². The Bertz CT molecular complexity index is 570. The van der Waals surface area contributed by atoms with Gasteiger partial charge in [0.1, 0.15) is 5.75 Å². The normalized spacial score (nSPS) is 9.69. The van der Waals surface area contributed by atoms with Crippen molar-refractivity contribution in [2.45, 2.75) is 0 Å². The Morgan fingerprint density at radius 3 is 2.50 bits per heavy atom. The van der Waals surface area contributed by atoms with E-state index in [0.29, 0.717) is 22.4 Å². The highest BCUT2D eigenvalue weighted by atomic mass is 16.3. The zero-order valence-electron chi connectivity index (χ0n) is 8.51. The maximum absolute atomic E-state index is 9.71. The molecule has 0 aliphatic heterocycles. The molecule has 0 saturated carbocycles. The molecule has 0 aromatic heterocycles. The molecule has 3 N–H and O–H groups in total. The highest BCUT2D eigenvalue weighted by Crippen LogP contribution is 2.33. The lowest BCUT2D eigenvalue weighted by Gasteiger charge is -2.07. The van der Waals surface area contributed by atoms with Crippen molar-refractivity contribution in [3.8, 4) is 22.9 Å². The minimum absolute atomic E-state index is 0.157. The van der Waals surface area contributed by atoms with Gasteiger partial charge in [0.15, 0.2) is 0 Å². The van der Waals surface area contributed by atoms with Gasteiger partial charge in [-0.05, 0) is 24.3 Å². The Kier molecular flexibility index (Phi) is 2.49. The lowest BCUT2D eigenvalue weighted by molar-refractivity contribution is 0.477. The molecular formula is C13H10N2O. The van der Waals surface area contributed by atoms with Gasteiger partial charge in [0, 0.05) is 16.8 Å². The smallest absolute Gasteiger partial charge is 0.123 e. The average molecular weight is 210 g/mol. The van der Waals surface area contributed by atoms with Crippen molar-refractivity contribution in [3.63, 3.8) is 0 Å². The van der Waals surface area contributed by atoms with Crippen molar-refractivity contribution in [3.05, 3.63) is 48.0 Å². The maximum atomic E-state index is 9.71. The molecule has 3 nitrogen and oxygen atoms in total. The third kappa shape index (κ3) is 1.69. The SMILES string of the molecule is N#Cc1ccc(N)c(-c2ccccc2O)c1. The van der Waals surface area contributed by atoms with E-state index in [-0.39, 0.29) is 5.75 Å². The summed E-state index contributed by atoms with van der Waals surface area (Å²) in [6, 6.07) is 13.9. The van der Waals surface area contributed by atoms with Crippen molar-refractivity contribution < 1.29 is 5.11 Å². The maximum Gasteiger partial charge on any atom is 0.123 e. The second-order valence-electron chi connectivity index (χ2n) is 3.43. The fraction of sp³-hybridized carbons (Fsp3) is 0. The van der Waals surface area contributed by atoms with E-state index in [0.717, 1.165) is 0 Å². The van der Waals surface area contributed by atoms with Gasteiger partial charge >= 0.3 is 0 Å². The molecule has 0 radical (unpaired) electrons. The number of para-hydroxylation sites is 1. The standard InChI is InChI=1S/C13H10N2O/c14-8-9-5-6-12(15)11(7-9)10-3-1-2-4-13(10)16/h1-7,16H,15H2. The number of phenols is 1. The summed E-state index contributed by atoms with van der Waals surface area (Å²) in [6.07, 6.45) is 0. The molecule has 0 bridgehead atoms. The highest BCUT2D eigenvalue weighted by Gasteiger charge is 2.07. The molecule has 2 aromatic carbocycles. The second kappa shape index (κ2) is 3.95. The van der Waals surface area contributed by atoms with Crippen LogP contribution in [0.2, 0.25) is 0 Å². The minimum atomic E-state index is 0.157. The second-order valence-corrected chi connectivity index (χ2v) is 3.43. The largest absolute Gasteiger partial charge is 0.507 e. The summed E-state index contributed by atoms with van der Waals surface area (Å²) in [7, 11) is 0. The monoisotopic (exact) mass is 210 g/mol. The molecule has 0 aliphatic carbocycles. The Hall–Kier alpha value is -2.47. The van der Waals surface area contributed by atoms with Gasteiger partial charge in [-0.25, -0.2) is 0 Å². The molecule has 2 rings (SSSR count). The Labute approximate surface area is 93.4 Å². The zero-order valence-corrected chi connectivity index (χ0v) is 8.51. The van der Waals surface area contributed by atoms with Crippen LogP contribution in [0, 0.1) is 11.3 Å². The van der Waals surface area contributed by atoms with Crippen LogP contribution >= 0.6 is 0 Å². The Morgan fingerprint density at radius 2 is 1.81 bits per heavy atom. The number of rotatable bonds is 1. The lowest BCUT2D eigenvalue weighted by Crippen LogP contribution is -1.91. The van der Waals surface area contributed by atoms with E-state index in [1.54, 1.807) is 36.4 Å². The van der Waals surface area contributed by atoms with Crippen LogP contribution in [0.5, 0.6) is 5.75 Å². The third-order valence-electron chi connectivity index (χ3n) is 2.38. The van der Waals surface area contributed by atoms with E-state index in [1.165, 1.54) is 0 Å². The number of hydrogen-bond donors (Lipinski definition) is 2. The van der Waals surface area contributed by atoms with E-state index in [4.69, 9.17) is 11.0 Å². The van der Waals surface area contributed by atoms with Crippen LogP contribution in [0.1, 0.15) is 5.56 Å². The predicted molar refractivity (Wildman–Crippen MR) is 62.7 cm³/mol. The van der Waals surface area contributed by atoms with Crippen LogP contribution < -0.4 is 5.73 Å². The lowest BCUT2D eigenvalue weighted by atomic mass is 10.0. The fourth-order valence-corrected chi connectivity index (χ4v) is 1.56. The van der Waals surface area contributed by atoms with Gasteiger partial charge in [-0.1, -0.05) is 18.2 Å². The van der Waals surface area contributed by atoms with Gasteiger partial charge in [0.2, 0.25) is 0 Å². The molecule has 0 saturated heterocycles. The molecule has 0 atom stereocenters. The molecule has 0 aliphatic rings. The number of nitrogens with two attached hydrogens (primary N) is 1.